The maximum absolute atomic E-state index is 10.8. The summed E-state index contributed by atoms with van der Waals surface area (Å²) in [7, 11) is 0. The van der Waals surface area contributed by atoms with Crippen LogP contribution in [0.2, 0.25) is 5.02 Å². The molecule has 0 saturated carbocycles. The zero-order valence-corrected chi connectivity index (χ0v) is 12.8. The van der Waals surface area contributed by atoms with Gasteiger partial charge in [0, 0.05) is 34.7 Å². The fourth-order valence-electron chi connectivity index (χ4n) is 1.84. The van der Waals surface area contributed by atoms with Gasteiger partial charge in [0.1, 0.15) is 0 Å². The van der Waals surface area contributed by atoms with Crippen LogP contribution in [0, 0.1) is 10.1 Å². The molecule has 1 N–H and O–H groups in total. The van der Waals surface area contributed by atoms with Gasteiger partial charge in [0.15, 0.2) is 0 Å². The summed E-state index contributed by atoms with van der Waals surface area (Å²) in [6.45, 7) is 1.20. The molecule has 0 aliphatic rings. The van der Waals surface area contributed by atoms with Gasteiger partial charge < -0.3 is 5.32 Å². The molecule has 2 aromatic carbocycles. The van der Waals surface area contributed by atoms with E-state index in [4.69, 9.17) is 11.6 Å². The second-order valence-corrected chi connectivity index (χ2v) is 5.66. The number of nitrogens with one attached hydrogen (secondary N) is 1. The summed E-state index contributed by atoms with van der Waals surface area (Å²) >= 11 is 9.19. The minimum Gasteiger partial charge on any atom is -0.309 e. The Morgan fingerprint density at radius 2 is 1.90 bits per heavy atom. The molecule has 0 aliphatic heterocycles. The Morgan fingerprint density at radius 1 is 1.15 bits per heavy atom. The lowest BCUT2D eigenvalue weighted by Crippen LogP contribution is -2.12. The van der Waals surface area contributed by atoms with Crippen molar-refractivity contribution in [2.45, 2.75) is 13.1 Å². The lowest BCUT2D eigenvalue weighted by Gasteiger charge is -2.06. The highest BCUT2D eigenvalue weighted by atomic mass is 79.9. The first-order chi connectivity index (χ1) is 9.54. The highest BCUT2D eigenvalue weighted by Gasteiger charge is 2.08. The molecule has 0 amide bonds. The first-order valence-electron chi connectivity index (χ1n) is 5.93. The fraction of sp³-hybridized carbons (Fsp3) is 0.143. The number of nitro groups is 1. The van der Waals surface area contributed by atoms with Crippen molar-refractivity contribution in [1.82, 2.24) is 5.32 Å². The summed E-state index contributed by atoms with van der Waals surface area (Å²) in [5.74, 6) is 0. The van der Waals surface area contributed by atoms with E-state index in [0.717, 1.165) is 11.1 Å². The summed E-state index contributed by atoms with van der Waals surface area (Å²) in [6, 6.07) is 12.5. The molecule has 104 valence electrons. The normalized spacial score (nSPS) is 10.5. The van der Waals surface area contributed by atoms with Gasteiger partial charge in [-0.3, -0.25) is 10.1 Å². The Bertz CT molecular complexity index is 634. The number of benzene rings is 2. The number of rotatable bonds is 5. The van der Waals surface area contributed by atoms with Crippen LogP contribution in [0.3, 0.4) is 0 Å². The average Bonchev–Trinajstić information content (AvgIpc) is 2.38. The first kappa shape index (κ1) is 15.0. The van der Waals surface area contributed by atoms with Crippen LogP contribution in [0.4, 0.5) is 5.69 Å². The van der Waals surface area contributed by atoms with Gasteiger partial charge in [0.05, 0.1) is 4.92 Å². The molecule has 0 aliphatic carbocycles. The molecule has 0 spiro atoms. The zero-order valence-electron chi connectivity index (χ0n) is 10.5. The smallest absolute Gasteiger partial charge is 0.270 e. The molecule has 0 atom stereocenters. The van der Waals surface area contributed by atoms with Gasteiger partial charge in [0.25, 0.3) is 5.69 Å². The van der Waals surface area contributed by atoms with Gasteiger partial charge in [-0.25, -0.2) is 0 Å². The molecule has 2 aromatic rings. The molecule has 0 heterocycles. The van der Waals surface area contributed by atoms with E-state index in [1.807, 2.05) is 30.3 Å². The topological polar surface area (TPSA) is 55.2 Å². The van der Waals surface area contributed by atoms with E-state index in [-0.39, 0.29) is 5.69 Å². The molecule has 0 saturated heterocycles. The lowest BCUT2D eigenvalue weighted by molar-refractivity contribution is -0.385. The largest absolute Gasteiger partial charge is 0.309 e. The molecule has 0 bridgehead atoms. The predicted molar refractivity (Wildman–Crippen MR) is 82.8 cm³/mol. The Hall–Kier alpha value is -1.43. The Balaban J connectivity index is 1.99. The number of non-ortho nitro benzene ring substituents is 1. The van der Waals surface area contributed by atoms with E-state index in [2.05, 4.69) is 21.2 Å². The minimum atomic E-state index is -0.398. The molecule has 20 heavy (non-hydrogen) atoms. The van der Waals surface area contributed by atoms with Crippen molar-refractivity contribution in [3.05, 3.63) is 73.2 Å². The third-order valence-electron chi connectivity index (χ3n) is 2.70. The van der Waals surface area contributed by atoms with Crippen molar-refractivity contribution in [1.29, 1.82) is 0 Å². The molecule has 0 radical (unpaired) electrons. The van der Waals surface area contributed by atoms with Gasteiger partial charge in [-0.15, -0.1) is 0 Å². The third kappa shape index (κ3) is 4.30. The van der Waals surface area contributed by atoms with Crippen LogP contribution in [0.1, 0.15) is 11.1 Å². The van der Waals surface area contributed by atoms with E-state index in [1.54, 1.807) is 6.07 Å². The van der Waals surface area contributed by atoms with Crippen LogP contribution >= 0.6 is 27.5 Å². The van der Waals surface area contributed by atoms with Gasteiger partial charge >= 0.3 is 0 Å². The zero-order chi connectivity index (χ0) is 14.5. The highest BCUT2D eigenvalue weighted by Crippen LogP contribution is 2.21. The van der Waals surface area contributed by atoms with Gasteiger partial charge in [-0.1, -0.05) is 39.7 Å². The molecular weight excluding hydrogens is 344 g/mol. The van der Waals surface area contributed by atoms with Gasteiger partial charge in [-0.2, -0.15) is 0 Å². The summed E-state index contributed by atoms with van der Waals surface area (Å²) in [4.78, 5) is 10.4. The maximum Gasteiger partial charge on any atom is 0.270 e. The summed E-state index contributed by atoms with van der Waals surface area (Å²) in [5, 5.41) is 14.7. The number of halogens is 2. The van der Waals surface area contributed by atoms with Crippen LogP contribution < -0.4 is 5.32 Å². The molecule has 0 aromatic heterocycles. The highest BCUT2D eigenvalue weighted by molar-refractivity contribution is 9.10. The second kappa shape index (κ2) is 6.83. The third-order valence-corrected chi connectivity index (χ3v) is 3.39. The van der Waals surface area contributed by atoms with E-state index in [1.165, 1.54) is 6.07 Å². The van der Waals surface area contributed by atoms with Crippen molar-refractivity contribution >= 4 is 33.2 Å². The lowest BCUT2D eigenvalue weighted by atomic mass is 10.2. The molecule has 0 unspecified atom stereocenters. The standard InChI is InChI=1S/C14H12BrClN2O2/c15-12-4-11(6-14(7-12)18(19)20)9-17-8-10-2-1-3-13(16)5-10/h1-7,17H,8-9H2. The first-order valence-corrected chi connectivity index (χ1v) is 7.11. The number of hydrogen-bond donors (Lipinski definition) is 1. The SMILES string of the molecule is O=[N+]([O-])c1cc(Br)cc(CNCc2cccc(Cl)c2)c1. The monoisotopic (exact) mass is 354 g/mol. The predicted octanol–water partition coefficient (Wildman–Crippen LogP) is 4.30. The van der Waals surface area contributed by atoms with E-state index in [9.17, 15) is 10.1 Å². The summed E-state index contributed by atoms with van der Waals surface area (Å²) < 4.78 is 0.700. The number of hydrogen-bond acceptors (Lipinski definition) is 3. The second-order valence-electron chi connectivity index (χ2n) is 4.31. The van der Waals surface area contributed by atoms with Gasteiger partial charge in [-0.05, 0) is 29.3 Å². The fourth-order valence-corrected chi connectivity index (χ4v) is 2.58. The van der Waals surface area contributed by atoms with Crippen LogP contribution in [-0.2, 0) is 13.1 Å². The van der Waals surface area contributed by atoms with Crippen LogP contribution in [0.15, 0.2) is 46.9 Å². The van der Waals surface area contributed by atoms with Crippen LogP contribution in [0.25, 0.3) is 0 Å². The van der Waals surface area contributed by atoms with Crippen LogP contribution in [-0.4, -0.2) is 4.92 Å². The summed E-state index contributed by atoms with van der Waals surface area (Å²) in [5.41, 5.74) is 2.01. The Kier molecular flexibility index (Phi) is 5.11. The molecule has 2 rings (SSSR count). The molecule has 4 nitrogen and oxygen atoms in total. The molecule has 0 fully saturated rings. The molecule has 6 heteroatoms. The van der Waals surface area contributed by atoms with Crippen LogP contribution in [0.5, 0.6) is 0 Å². The van der Waals surface area contributed by atoms with Crippen molar-refractivity contribution < 1.29 is 4.92 Å². The Labute approximate surface area is 130 Å². The maximum atomic E-state index is 10.8. The minimum absolute atomic E-state index is 0.0823. The van der Waals surface area contributed by atoms with E-state index in [0.29, 0.717) is 22.6 Å². The number of nitrogens with zero attached hydrogens (tertiary/aromatic N) is 1. The Morgan fingerprint density at radius 3 is 2.60 bits per heavy atom. The van der Waals surface area contributed by atoms with Crippen molar-refractivity contribution in [3.8, 4) is 0 Å². The summed E-state index contributed by atoms with van der Waals surface area (Å²) in [6.07, 6.45) is 0. The number of nitro benzene ring substituents is 1. The van der Waals surface area contributed by atoms with Gasteiger partial charge in [0.2, 0.25) is 0 Å². The van der Waals surface area contributed by atoms with Crippen molar-refractivity contribution in [3.63, 3.8) is 0 Å². The van der Waals surface area contributed by atoms with E-state index < -0.39 is 4.92 Å². The molecular formula is C14H12BrClN2O2. The van der Waals surface area contributed by atoms with E-state index >= 15 is 0 Å². The average molecular weight is 356 g/mol. The van der Waals surface area contributed by atoms with Crippen molar-refractivity contribution in [2.75, 3.05) is 0 Å². The quantitative estimate of drug-likeness (QED) is 0.642. The van der Waals surface area contributed by atoms with Crippen molar-refractivity contribution in [2.24, 2.45) is 0 Å².